The molecular weight excluding hydrogens is 796 g/mol. The molecule has 0 radical (unpaired) electrons. The molecule has 1 aliphatic rings. The number of allylic oxidation sites excluding steroid dienone is 2. The number of aromatic hydroxyl groups is 2. The van der Waals surface area contributed by atoms with Crippen LogP contribution in [0.15, 0.2) is 21.3 Å². The molecular formula is C30H36N6O18S2. The predicted molar refractivity (Wildman–Crippen MR) is 187 cm³/mol. The number of hydrogen-bond acceptors (Lipinski definition) is 18. The molecule has 0 bridgehead atoms. The Balaban J connectivity index is 2.62. The third-order valence-electron chi connectivity index (χ3n) is 7.39. The summed E-state index contributed by atoms with van der Waals surface area (Å²) in [7, 11) is 0. The molecule has 0 saturated heterocycles. The molecule has 56 heavy (non-hydrogen) atoms. The molecule has 26 heteroatoms. The van der Waals surface area contributed by atoms with Gasteiger partial charge in [0, 0.05) is 24.3 Å². The first-order valence-corrected chi connectivity index (χ1v) is 17.7. The Morgan fingerprint density at radius 2 is 0.893 bits per heavy atom. The fourth-order valence-electron chi connectivity index (χ4n) is 4.46. The lowest BCUT2D eigenvalue weighted by molar-refractivity contribution is -0.140. The van der Waals surface area contributed by atoms with E-state index in [1.54, 1.807) is 0 Å². The van der Waals surface area contributed by atoms with Crippen molar-refractivity contribution >= 4 is 82.6 Å². The monoisotopic (exact) mass is 832 g/mol. The lowest BCUT2D eigenvalue weighted by atomic mass is 9.90. The van der Waals surface area contributed by atoms with Crippen molar-refractivity contribution in [3.63, 3.8) is 0 Å². The first kappa shape index (κ1) is 46.0. The summed E-state index contributed by atoms with van der Waals surface area (Å²) in [6.45, 7) is -1.90. The van der Waals surface area contributed by atoms with Crippen LogP contribution in [0.25, 0.3) is 0 Å². The van der Waals surface area contributed by atoms with Gasteiger partial charge >= 0.3 is 23.9 Å². The lowest BCUT2D eigenvalue weighted by Crippen LogP contribution is -2.49. The minimum atomic E-state index is -1.70. The van der Waals surface area contributed by atoms with Gasteiger partial charge in [0.15, 0.2) is 0 Å². The van der Waals surface area contributed by atoms with Gasteiger partial charge in [-0.3, -0.25) is 47.9 Å². The van der Waals surface area contributed by atoms with Crippen LogP contribution >= 0.6 is 23.5 Å². The van der Waals surface area contributed by atoms with Crippen molar-refractivity contribution in [3.8, 4) is 11.5 Å². The van der Waals surface area contributed by atoms with Crippen molar-refractivity contribution in [1.82, 2.24) is 21.3 Å². The van der Waals surface area contributed by atoms with Crippen LogP contribution < -0.4 is 32.7 Å². The second-order valence-electron chi connectivity index (χ2n) is 11.5. The molecule has 4 amide bonds. The number of thioether (sulfide) groups is 2. The summed E-state index contributed by atoms with van der Waals surface area (Å²) < 4.78 is 0. The number of aliphatic hydroxyl groups excluding tert-OH is 2. The van der Waals surface area contributed by atoms with Crippen LogP contribution in [-0.4, -0.2) is 149 Å². The topological polar surface area (TPSA) is 433 Å². The van der Waals surface area contributed by atoms with E-state index in [2.05, 4.69) is 10.6 Å². The van der Waals surface area contributed by atoms with Gasteiger partial charge in [0.1, 0.15) is 48.8 Å². The van der Waals surface area contributed by atoms with Crippen molar-refractivity contribution < 1.29 is 88.8 Å². The highest BCUT2D eigenvalue weighted by atomic mass is 32.2. The van der Waals surface area contributed by atoms with Gasteiger partial charge in [-0.1, -0.05) is 0 Å². The molecule has 16 N–H and O–H groups in total. The van der Waals surface area contributed by atoms with Crippen molar-refractivity contribution in [2.24, 2.45) is 11.5 Å². The number of carbonyl (C=O) groups is 10. The highest BCUT2D eigenvalue weighted by Crippen LogP contribution is 2.50. The Bertz CT molecular complexity index is 1720. The number of carbonyl (C=O) groups excluding carboxylic acids is 6. The van der Waals surface area contributed by atoms with Gasteiger partial charge in [0.2, 0.25) is 46.7 Å². The number of ketones is 2. The molecule has 0 spiro atoms. The Labute approximate surface area is 322 Å². The summed E-state index contributed by atoms with van der Waals surface area (Å²) in [4.78, 5) is 120. The van der Waals surface area contributed by atoms with Crippen LogP contribution in [0.5, 0.6) is 11.5 Å². The third kappa shape index (κ3) is 12.5. The SMILES string of the molecule is N[C@@H](CCC(=O)N[C@@H](CSc1c(O)c2c(c(O)c1SC[C@H](NC(=O)CC[C@H](N)C(=O)O)C(=O)NCC(=O)O)C(=O)C(O)=C(O)C2=O)C(=O)NCC(=O)O)C(=O)O. The van der Waals surface area contributed by atoms with Crippen LogP contribution in [0, 0.1) is 0 Å². The highest BCUT2D eigenvalue weighted by Gasteiger charge is 2.41. The molecule has 1 aromatic rings. The molecule has 0 unspecified atom stereocenters. The minimum absolute atomic E-state index is 0.379. The summed E-state index contributed by atoms with van der Waals surface area (Å²) >= 11 is 0.757. The molecule has 1 aliphatic carbocycles. The van der Waals surface area contributed by atoms with E-state index in [0.29, 0.717) is 23.5 Å². The molecule has 1 aromatic carbocycles. The average Bonchev–Trinajstić information content (AvgIpc) is 3.13. The molecule has 0 aliphatic heterocycles. The van der Waals surface area contributed by atoms with Crippen molar-refractivity contribution in [2.75, 3.05) is 24.6 Å². The maximum atomic E-state index is 13.0. The zero-order chi connectivity index (χ0) is 42.6. The van der Waals surface area contributed by atoms with Gasteiger partial charge < -0.3 is 73.6 Å². The molecule has 0 aromatic heterocycles. The molecule has 4 atom stereocenters. The smallest absolute Gasteiger partial charge is 0.322 e. The average molecular weight is 833 g/mol. The summed E-state index contributed by atoms with van der Waals surface area (Å²) in [5.74, 6) is -19.9. The van der Waals surface area contributed by atoms with E-state index in [-0.39, 0.29) is 0 Å². The summed E-state index contributed by atoms with van der Waals surface area (Å²) in [5, 5.41) is 87.3. The van der Waals surface area contributed by atoms with Crippen molar-refractivity contribution in [3.05, 3.63) is 22.6 Å². The third-order valence-corrected chi connectivity index (χ3v) is 9.89. The quantitative estimate of drug-likeness (QED) is 0.0403. The Hall–Kier alpha value is -6.12. The van der Waals surface area contributed by atoms with Crippen molar-refractivity contribution in [1.29, 1.82) is 0 Å². The Kier molecular flexibility index (Phi) is 16.9. The molecule has 306 valence electrons. The first-order chi connectivity index (χ1) is 26.1. The number of rotatable bonds is 22. The number of benzene rings is 1. The van der Waals surface area contributed by atoms with E-state index >= 15 is 0 Å². The number of nitrogens with one attached hydrogen (secondary N) is 4. The standard InChI is InChI=1S/C30H36N6O18S2/c31-9(29(51)52)1-3-13(37)35-11(27(49)33-5-15(39)40)7-55-25-21(45)17-18(20(44)24(48)23(47)19(17)43)22(46)26(25)56-8-12(28(50)34-6-16(41)42)36-14(38)4-2-10(32)30(53)54/h9-12,45-48H,1-8,31-32H2,(H,33,49)(H,34,50)(H,35,37)(H,36,38)(H,39,40)(H,41,42)(H,51,52)(H,53,54)/t9-,10-,11-,12-/m0/s1. The predicted octanol–water partition coefficient (Wildman–Crippen LogP) is -3.26. The second-order valence-corrected chi connectivity index (χ2v) is 13.6. The van der Waals surface area contributed by atoms with E-state index in [9.17, 15) is 68.4 Å². The first-order valence-electron chi connectivity index (χ1n) is 15.7. The lowest BCUT2D eigenvalue weighted by Gasteiger charge is -2.24. The van der Waals surface area contributed by atoms with E-state index in [1.807, 2.05) is 10.6 Å². The number of carboxylic acids is 4. The Morgan fingerprint density at radius 3 is 1.18 bits per heavy atom. The fourth-order valence-corrected chi connectivity index (χ4v) is 6.89. The summed E-state index contributed by atoms with van der Waals surface area (Å²) in [5.41, 5.74) is 8.74. The van der Waals surface area contributed by atoms with Crippen molar-refractivity contribution in [2.45, 2.75) is 59.6 Å². The summed E-state index contributed by atoms with van der Waals surface area (Å²) in [6.07, 6.45) is -1.89. The minimum Gasteiger partial charge on any atom is -0.506 e. The van der Waals surface area contributed by atoms with Gasteiger partial charge in [-0.05, 0) is 12.8 Å². The molecule has 0 heterocycles. The van der Waals surface area contributed by atoms with E-state index in [1.165, 1.54) is 0 Å². The van der Waals surface area contributed by atoms with Crippen LogP contribution in [0.1, 0.15) is 46.4 Å². The zero-order valence-corrected chi connectivity index (χ0v) is 30.2. The number of aliphatic hydroxyl groups is 2. The van der Waals surface area contributed by atoms with Gasteiger partial charge in [-0.25, -0.2) is 0 Å². The number of hydrogen-bond donors (Lipinski definition) is 14. The van der Waals surface area contributed by atoms with Crippen LogP contribution in [-0.2, 0) is 38.4 Å². The number of carboxylic acid groups (broad SMARTS) is 4. The number of phenolic OH excluding ortho intramolecular Hbond substituents is 2. The fraction of sp³-hybridized carbons (Fsp3) is 0.400. The summed E-state index contributed by atoms with van der Waals surface area (Å²) in [6, 6.07) is -6.36. The zero-order valence-electron chi connectivity index (χ0n) is 28.6. The number of fused-ring (bicyclic) bond motifs is 1. The van der Waals surface area contributed by atoms with E-state index in [4.69, 9.17) is 31.9 Å². The largest absolute Gasteiger partial charge is 0.506 e. The number of phenols is 2. The van der Waals surface area contributed by atoms with Gasteiger partial charge in [0.05, 0.1) is 20.9 Å². The molecule has 2 rings (SSSR count). The highest BCUT2D eigenvalue weighted by molar-refractivity contribution is 8.02. The maximum absolute atomic E-state index is 13.0. The number of nitrogens with two attached hydrogens (primary N) is 2. The number of Topliss-reactive ketones (excluding diaryl/α,β-unsaturated/α-hetero) is 2. The number of amides is 4. The maximum Gasteiger partial charge on any atom is 0.322 e. The molecule has 24 nitrogen and oxygen atoms in total. The second kappa shape index (κ2) is 20.5. The van der Waals surface area contributed by atoms with Gasteiger partial charge in [-0.2, -0.15) is 0 Å². The number of aliphatic carboxylic acids is 4. The normalized spacial score (nSPS) is 14.4. The Morgan fingerprint density at radius 1 is 0.571 bits per heavy atom. The van der Waals surface area contributed by atoms with Crippen LogP contribution in [0.4, 0.5) is 0 Å². The van der Waals surface area contributed by atoms with Crippen LogP contribution in [0.2, 0.25) is 0 Å². The molecule has 0 fully saturated rings. The van der Waals surface area contributed by atoms with Gasteiger partial charge in [0.25, 0.3) is 0 Å². The van der Waals surface area contributed by atoms with E-state index in [0.717, 1.165) is 0 Å². The van der Waals surface area contributed by atoms with Crippen LogP contribution in [0.3, 0.4) is 0 Å². The van der Waals surface area contributed by atoms with E-state index < -0.39 is 177 Å². The van der Waals surface area contributed by atoms with Gasteiger partial charge in [-0.15, -0.1) is 23.5 Å². The molecule has 0 saturated carbocycles.